The van der Waals surface area contributed by atoms with E-state index in [0.717, 1.165) is 5.75 Å². The summed E-state index contributed by atoms with van der Waals surface area (Å²) in [7, 11) is 1.59. The minimum Gasteiger partial charge on any atom is -0.497 e. The van der Waals surface area contributed by atoms with Crippen LogP contribution in [0.15, 0.2) is 24.3 Å². The predicted octanol–water partition coefficient (Wildman–Crippen LogP) is 2.64. The summed E-state index contributed by atoms with van der Waals surface area (Å²) in [5, 5.41) is 0. The molecular weight excluding hydrogens is 204 g/mol. The number of hydrogen-bond acceptors (Lipinski definition) is 3. The van der Waals surface area contributed by atoms with Crippen LogP contribution in [0.1, 0.15) is 36.5 Å². The summed E-state index contributed by atoms with van der Waals surface area (Å²) < 4.78 is 5.01. The normalized spacial score (nSPS) is 9.88. The number of hydrogen-bond donors (Lipinski definition) is 0. The Morgan fingerprint density at radius 3 is 2.25 bits per heavy atom. The van der Waals surface area contributed by atoms with Crippen LogP contribution < -0.4 is 4.74 Å². The van der Waals surface area contributed by atoms with Gasteiger partial charge in [0.1, 0.15) is 11.5 Å². The molecule has 16 heavy (non-hydrogen) atoms. The van der Waals surface area contributed by atoms with E-state index in [2.05, 4.69) is 0 Å². The average molecular weight is 220 g/mol. The molecule has 1 aromatic carbocycles. The van der Waals surface area contributed by atoms with Gasteiger partial charge in [-0.3, -0.25) is 4.79 Å². The van der Waals surface area contributed by atoms with Crippen LogP contribution in [0.25, 0.3) is 0 Å². The van der Waals surface area contributed by atoms with Crippen LogP contribution in [0.3, 0.4) is 0 Å². The van der Waals surface area contributed by atoms with Crippen molar-refractivity contribution in [3.05, 3.63) is 29.8 Å². The topological polar surface area (TPSA) is 43.4 Å². The molecular formula is C13H16O3. The van der Waals surface area contributed by atoms with Crippen molar-refractivity contribution in [2.75, 3.05) is 7.11 Å². The molecule has 0 N–H and O–H groups in total. The Morgan fingerprint density at radius 2 is 1.75 bits per heavy atom. The van der Waals surface area contributed by atoms with E-state index < -0.39 is 0 Å². The van der Waals surface area contributed by atoms with E-state index in [4.69, 9.17) is 4.74 Å². The first-order chi connectivity index (χ1) is 7.63. The molecule has 0 aliphatic rings. The molecule has 0 amide bonds. The van der Waals surface area contributed by atoms with Crippen LogP contribution in [0.2, 0.25) is 0 Å². The van der Waals surface area contributed by atoms with Crippen molar-refractivity contribution in [2.24, 2.45) is 0 Å². The Bertz CT molecular complexity index is 365. The molecule has 0 heterocycles. The van der Waals surface area contributed by atoms with Gasteiger partial charge < -0.3 is 9.53 Å². The monoisotopic (exact) mass is 220 g/mol. The van der Waals surface area contributed by atoms with E-state index in [0.29, 0.717) is 24.8 Å². The van der Waals surface area contributed by atoms with E-state index in [1.54, 1.807) is 31.4 Å². The van der Waals surface area contributed by atoms with Gasteiger partial charge in [0.25, 0.3) is 0 Å². The summed E-state index contributed by atoms with van der Waals surface area (Å²) in [6.07, 6.45) is 1.52. The summed E-state index contributed by atoms with van der Waals surface area (Å²) in [6.45, 7) is 1.54. The summed E-state index contributed by atoms with van der Waals surface area (Å²) in [5.41, 5.74) is 0.671. The maximum absolute atomic E-state index is 11.7. The highest BCUT2D eigenvalue weighted by Crippen LogP contribution is 2.13. The van der Waals surface area contributed by atoms with Crippen molar-refractivity contribution >= 4 is 11.6 Å². The van der Waals surface area contributed by atoms with Gasteiger partial charge in [0.15, 0.2) is 5.78 Å². The summed E-state index contributed by atoms with van der Waals surface area (Å²) >= 11 is 0. The van der Waals surface area contributed by atoms with Crippen LogP contribution in [0, 0.1) is 0 Å². The van der Waals surface area contributed by atoms with Gasteiger partial charge in [-0.25, -0.2) is 0 Å². The van der Waals surface area contributed by atoms with Crippen molar-refractivity contribution in [1.82, 2.24) is 0 Å². The van der Waals surface area contributed by atoms with Crippen LogP contribution in [-0.4, -0.2) is 18.7 Å². The number of carbonyl (C=O) groups is 2. The van der Waals surface area contributed by atoms with Crippen molar-refractivity contribution in [2.45, 2.75) is 26.2 Å². The first kappa shape index (κ1) is 12.4. The third-order valence-corrected chi connectivity index (χ3v) is 2.34. The predicted molar refractivity (Wildman–Crippen MR) is 61.9 cm³/mol. The second-order valence-electron chi connectivity index (χ2n) is 3.71. The van der Waals surface area contributed by atoms with Gasteiger partial charge in [0, 0.05) is 18.4 Å². The molecule has 1 aromatic rings. The van der Waals surface area contributed by atoms with E-state index in [1.807, 2.05) is 0 Å². The average Bonchev–Trinajstić information content (AvgIpc) is 2.28. The Balaban J connectivity index is 2.49. The minimum atomic E-state index is 0.0731. The largest absolute Gasteiger partial charge is 0.497 e. The van der Waals surface area contributed by atoms with Gasteiger partial charge in [-0.15, -0.1) is 0 Å². The molecule has 0 aliphatic heterocycles. The fourth-order valence-corrected chi connectivity index (χ4v) is 1.42. The van der Waals surface area contributed by atoms with E-state index in [1.165, 1.54) is 6.92 Å². The number of rotatable bonds is 6. The van der Waals surface area contributed by atoms with Crippen molar-refractivity contribution in [3.63, 3.8) is 0 Å². The SMILES string of the molecule is COc1ccc(C(=O)CCCC(C)=O)cc1. The zero-order chi connectivity index (χ0) is 12.0. The van der Waals surface area contributed by atoms with E-state index in [-0.39, 0.29) is 11.6 Å². The Hall–Kier alpha value is -1.64. The molecule has 0 spiro atoms. The molecule has 0 saturated carbocycles. The van der Waals surface area contributed by atoms with Gasteiger partial charge in [-0.1, -0.05) is 0 Å². The number of methoxy groups -OCH3 is 1. The minimum absolute atomic E-state index is 0.0731. The zero-order valence-corrected chi connectivity index (χ0v) is 9.66. The lowest BCUT2D eigenvalue weighted by Crippen LogP contribution is -2.00. The van der Waals surface area contributed by atoms with Gasteiger partial charge in [0.05, 0.1) is 7.11 Å². The second kappa shape index (κ2) is 6.05. The summed E-state index contributed by atoms with van der Waals surface area (Å²) in [4.78, 5) is 22.4. The molecule has 0 radical (unpaired) electrons. The summed E-state index contributed by atoms with van der Waals surface area (Å²) in [5.74, 6) is 0.937. The molecule has 0 aromatic heterocycles. The first-order valence-corrected chi connectivity index (χ1v) is 5.30. The molecule has 0 aliphatic carbocycles. The molecule has 0 atom stereocenters. The quantitative estimate of drug-likeness (QED) is 0.692. The molecule has 0 unspecified atom stereocenters. The molecule has 3 nitrogen and oxygen atoms in total. The van der Waals surface area contributed by atoms with Gasteiger partial charge >= 0.3 is 0 Å². The highest BCUT2D eigenvalue weighted by molar-refractivity contribution is 5.96. The standard InChI is InChI=1S/C13H16O3/c1-10(14)4-3-5-13(15)11-6-8-12(16-2)9-7-11/h6-9H,3-5H2,1-2H3. The van der Waals surface area contributed by atoms with Gasteiger partial charge in [0.2, 0.25) is 0 Å². The Labute approximate surface area is 95.4 Å². The molecule has 3 heteroatoms. The molecule has 1 rings (SSSR count). The first-order valence-electron chi connectivity index (χ1n) is 5.30. The lowest BCUT2D eigenvalue weighted by molar-refractivity contribution is -0.117. The van der Waals surface area contributed by atoms with Crippen LogP contribution in [-0.2, 0) is 4.79 Å². The fourth-order valence-electron chi connectivity index (χ4n) is 1.42. The number of carbonyl (C=O) groups excluding carboxylic acids is 2. The molecule has 86 valence electrons. The molecule has 0 saturated heterocycles. The maximum Gasteiger partial charge on any atom is 0.162 e. The Morgan fingerprint density at radius 1 is 1.12 bits per heavy atom. The number of ketones is 2. The van der Waals surface area contributed by atoms with Gasteiger partial charge in [-0.05, 0) is 37.6 Å². The third-order valence-electron chi connectivity index (χ3n) is 2.34. The third kappa shape index (κ3) is 3.85. The number of ether oxygens (including phenoxy) is 1. The molecule has 0 bridgehead atoms. The van der Waals surface area contributed by atoms with Crippen LogP contribution in [0.5, 0.6) is 5.75 Å². The molecule has 0 fully saturated rings. The van der Waals surface area contributed by atoms with E-state index in [9.17, 15) is 9.59 Å². The zero-order valence-electron chi connectivity index (χ0n) is 9.66. The van der Waals surface area contributed by atoms with Crippen LogP contribution in [0.4, 0.5) is 0 Å². The van der Waals surface area contributed by atoms with Crippen molar-refractivity contribution in [3.8, 4) is 5.75 Å². The highest BCUT2D eigenvalue weighted by Gasteiger charge is 2.06. The van der Waals surface area contributed by atoms with Gasteiger partial charge in [-0.2, -0.15) is 0 Å². The highest BCUT2D eigenvalue weighted by atomic mass is 16.5. The van der Waals surface area contributed by atoms with Crippen molar-refractivity contribution < 1.29 is 14.3 Å². The van der Waals surface area contributed by atoms with Crippen LogP contribution >= 0.6 is 0 Å². The smallest absolute Gasteiger partial charge is 0.162 e. The lowest BCUT2D eigenvalue weighted by Gasteiger charge is -2.02. The van der Waals surface area contributed by atoms with Crippen molar-refractivity contribution in [1.29, 1.82) is 0 Å². The van der Waals surface area contributed by atoms with E-state index >= 15 is 0 Å². The maximum atomic E-state index is 11.7. The summed E-state index contributed by atoms with van der Waals surface area (Å²) in [6, 6.07) is 7.01. The second-order valence-corrected chi connectivity index (χ2v) is 3.71. The lowest BCUT2D eigenvalue weighted by atomic mass is 10.0. The number of Topliss-reactive ketones (excluding diaryl/α,β-unsaturated/α-hetero) is 2. The fraction of sp³-hybridized carbons (Fsp3) is 0.385. The number of benzene rings is 1. The Kier molecular flexibility index (Phi) is 4.70.